The standard InChI is InChI=1S/C19H23N3O2/c1-3-16(12-20-7-1)14-22-9-5-19(6-10-22)11-18(15-23-19)24-17-4-2-8-21-13-17/h1-4,7-8,12-13,18H,5-6,9-11,14-15H2/t18-/m0/s1. The molecule has 0 amide bonds. The summed E-state index contributed by atoms with van der Waals surface area (Å²) >= 11 is 0. The maximum Gasteiger partial charge on any atom is 0.138 e. The first kappa shape index (κ1) is 15.5. The third kappa shape index (κ3) is 3.57. The highest BCUT2D eigenvalue weighted by Crippen LogP contribution is 2.37. The van der Waals surface area contributed by atoms with Gasteiger partial charge in [0.25, 0.3) is 0 Å². The molecule has 0 aromatic carbocycles. The van der Waals surface area contributed by atoms with Gasteiger partial charge in [-0.3, -0.25) is 14.9 Å². The summed E-state index contributed by atoms with van der Waals surface area (Å²) in [5.41, 5.74) is 1.27. The summed E-state index contributed by atoms with van der Waals surface area (Å²) in [7, 11) is 0. The van der Waals surface area contributed by atoms with Crippen LogP contribution in [0.4, 0.5) is 0 Å². The molecule has 2 aromatic rings. The number of ether oxygens (including phenoxy) is 2. The lowest BCUT2D eigenvalue weighted by Gasteiger charge is -2.38. The number of aromatic nitrogens is 2. The van der Waals surface area contributed by atoms with Crippen LogP contribution in [0, 0.1) is 0 Å². The van der Waals surface area contributed by atoms with Crippen molar-refractivity contribution in [1.29, 1.82) is 0 Å². The molecular weight excluding hydrogens is 302 g/mol. The molecule has 4 rings (SSSR count). The molecule has 126 valence electrons. The van der Waals surface area contributed by atoms with Crippen molar-refractivity contribution in [3.63, 3.8) is 0 Å². The van der Waals surface area contributed by atoms with Gasteiger partial charge in [-0.1, -0.05) is 6.07 Å². The van der Waals surface area contributed by atoms with Crippen molar-refractivity contribution in [2.45, 2.75) is 37.5 Å². The lowest BCUT2D eigenvalue weighted by molar-refractivity contribution is -0.0454. The first-order valence-corrected chi connectivity index (χ1v) is 8.63. The molecule has 0 radical (unpaired) electrons. The molecule has 5 heteroatoms. The molecule has 2 aliphatic heterocycles. The minimum absolute atomic E-state index is 0.00167. The Morgan fingerprint density at radius 1 is 1.12 bits per heavy atom. The Labute approximate surface area is 142 Å². The van der Waals surface area contributed by atoms with E-state index in [1.165, 1.54) is 5.56 Å². The molecule has 24 heavy (non-hydrogen) atoms. The van der Waals surface area contributed by atoms with Crippen LogP contribution in [0.1, 0.15) is 24.8 Å². The van der Waals surface area contributed by atoms with E-state index in [0.29, 0.717) is 6.61 Å². The SMILES string of the molecule is c1cncc(CN2CCC3(CC2)C[C@H](Oc2cccnc2)CO3)c1. The maximum absolute atomic E-state index is 6.18. The van der Waals surface area contributed by atoms with Crippen LogP contribution in [-0.2, 0) is 11.3 Å². The Morgan fingerprint density at radius 3 is 2.62 bits per heavy atom. The molecule has 2 aromatic heterocycles. The highest BCUT2D eigenvalue weighted by Gasteiger charge is 2.43. The molecule has 1 spiro atoms. The second kappa shape index (κ2) is 6.87. The van der Waals surface area contributed by atoms with Crippen LogP contribution in [0.3, 0.4) is 0 Å². The Morgan fingerprint density at radius 2 is 1.92 bits per heavy atom. The van der Waals surface area contributed by atoms with Crippen LogP contribution < -0.4 is 4.74 Å². The van der Waals surface area contributed by atoms with Gasteiger partial charge in [0.15, 0.2) is 0 Å². The van der Waals surface area contributed by atoms with E-state index in [1.807, 2.05) is 30.6 Å². The van der Waals surface area contributed by atoms with Gasteiger partial charge in [0.05, 0.1) is 18.4 Å². The number of nitrogens with zero attached hydrogens (tertiary/aromatic N) is 3. The molecule has 0 bridgehead atoms. The van der Waals surface area contributed by atoms with Gasteiger partial charge < -0.3 is 9.47 Å². The molecule has 2 fully saturated rings. The fourth-order valence-corrected chi connectivity index (χ4v) is 3.70. The van der Waals surface area contributed by atoms with Gasteiger partial charge in [-0.05, 0) is 36.6 Å². The van der Waals surface area contributed by atoms with Crippen molar-refractivity contribution >= 4 is 0 Å². The second-order valence-electron chi connectivity index (χ2n) is 6.76. The van der Waals surface area contributed by atoms with E-state index in [4.69, 9.17) is 9.47 Å². The monoisotopic (exact) mass is 325 g/mol. The van der Waals surface area contributed by atoms with Crippen LogP contribution in [0.15, 0.2) is 49.1 Å². The van der Waals surface area contributed by atoms with E-state index in [-0.39, 0.29) is 11.7 Å². The van der Waals surface area contributed by atoms with Crippen molar-refractivity contribution in [3.05, 3.63) is 54.6 Å². The van der Waals surface area contributed by atoms with E-state index in [9.17, 15) is 0 Å². The van der Waals surface area contributed by atoms with Crippen LogP contribution in [0.25, 0.3) is 0 Å². The molecule has 0 unspecified atom stereocenters. The van der Waals surface area contributed by atoms with Crippen molar-refractivity contribution in [3.8, 4) is 5.75 Å². The number of hydrogen-bond acceptors (Lipinski definition) is 5. The Bertz CT molecular complexity index is 642. The van der Waals surface area contributed by atoms with E-state index in [0.717, 1.165) is 44.6 Å². The number of hydrogen-bond donors (Lipinski definition) is 0. The normalized spacial score (nSPS) is 23.4. The quantitative estimate of drug-likeness (QED) is 0.865. The fourth-order valence-electron chi connectivity index (χ4n) is 3.70. The molecule has 5 nitrogen and oxygen atoms in total. The molecule has 0 N–H and O–H groups in total. The van der Waals surface area contributed by atoms with E-state index >= 15 is 0 Å². The van der Waals surface area contributed by atoms with Gasteiger partial charge >= 0.3 is 0 Å². The smallest absolute Gasteiger partial charge is 0.138 e. The Hall–Kier alpha value is -1.98. The Balaban J connectivity index is 1.29. The number of pyridine rings is 2. The highest BCUT2D eigenvalue weighted by molar-refractivity contribution is 5.16. The average molecular weight is 325 g/mol. The molecule has 4 heterocycles. The van der Waals surface area contributed by atoms with Gasteiger partial charge in [0, 0.05) is 44.6 Å². The lowest BCUT2D eigenvalue weighted by atomic mass is 9.88. The molecule has 0 saturated carbocycles. The van der Waals surface area contributed by atoms with Crippen LogP contribution in [0.5, 0.6) is 5.75 Å². The molecule has 2 saturated heterocycles. The van der Waals surface area contributed by atoms with E-state index in [1.54, 1.807) is 12.4 Å². The van der Waals surface area contributed by atoms with Gasteiger partial charge in [-0.2, -0.15) is 0 Å². The summed E-state index contributed by atoms with van der Waals surface area (Å²) in [6, 6.07) is 7.99. The third-order valence-electron chi connectivity index (χ3n) is 5.01. The topological polar surface area (TPSA) is 47.5 Å². The molecule has 1 atom stereocenters. The third-order valence-corrected chi connectivity index (χ3v) is 5.01. The number of piperidine rings is 1. The van der Waals surface area contributed by atoms with Crippen LogP contribution in [-0.4, -0.2) is 46.3 Å². The minimum atomic E-state index is -0.00167. The van der Waals surface area contributed by atoms with Crippen molar-refractivity contribution in [1.82, 2.24) is 14.9 Å². The number of rotatable bonds is 4. The summed E-state index contributed by atoms with van der Waals surface area (Å²) < 4.78 is 12.2. The van der Waals surface area contributed by atoms with Crippen molar-refractivity contribution in [2.24, 2.45) is 0 Å². The summed E-state index contributed by atoms with van der Waals surface area (Å²) in [5.74, 6) is 0.831. The maximum atomic E-state index is 6.18. The van der Waals surface area contributed by atoms with Gasteiger partial charge in [0.1, 0.15) is 11.9 Å². The zero-order valence-electron chi connectivity index (χ0n) is 13.8. The average Bonchev–Trinajstić information content (AvgIpc) is 3.01. The predicted molar refractivity (Wildman–Crippen MR) is 90.7 cm³/mol. The zero-order chi connectivity index (χ0) is 16.2. The summed E-state index contributed by atoms with van der Waals surface area (Å²) in [6.07, 6.45) is 10.6. The van der Waals surface area contributed by atoms with Gasteiger partial charge in [0.2, 0.25) is 0 Å². The van der Waals surface area contributed by atoms with Crippen LogP contribution in [0.2, 0.25) is 0 Å². The summed E-state index contributed by atoms with van der Waals surface area (Å²) in [4.78, 5) is 10.8. The second-order valence-corrected chi connectivity index (χ2v) is 6.76. The minimum Gasteiger partial charge on any atom is -0.486 e. The molecule has 0 aliphatic carbocycles. The van der Waals surface area contributed by atoms with Gasteiger partial charge in [-0.15, -0.1) is 0 Å². The first-order chi connectivity index (χ1) is 11.8. The Kier molecular flexibility index (Phi) is 4.45. The van der Waals surface area contributed by atoms with Crippen LogP contribution >= 0.6 is 0 Å². The lowest BCUT2D eigenvalue weighted by Crippen LogP contribution is -2.44. The van der Waals surface area contributed by atoms with Crippen molar-refractivity contribution in [2.75, 3.05) is 19.7 Å². The molecular formula is C19H23N3O2. The molecule has 2 aliphatic rings. The van der Waals surface area contributed by atoms with E-state index in [2.05, 4.69) is 20.9 Å². The fraction of sp³-hybridized carbons (Fsp3) is 0.474. The largest absolute Gasteiger partial charge is 0.486 e. The zero-order valence-corrected chi connectivity index (χ0v) is 13.8. The summed E-state index contributed by atoms with van der Waals surface area (Å²) in [5, 5.41) is 0. The first-order valence-electron chi connectivity index (χ1n) is 8.63. The van der Waals surface area contributed by atoms with Crippen molar-refractivity contribution < 1.29 is 9.47 Å². The van der Waals surface area contributed by atoms with E-state index < -0.39 is 0 Å². The highest BCUT2D eigenvalue weighted by atomic mass is 16.6. The summed E-state index contributed by atoms with van der Waals surface area (Å²) in [6.45, 7) is 3.78. The predicted octanol–water partition coefficient (Wildman–Crippen LogP) is 2.68. The van der Waals surface area contributed by atoms with Gasteiger partial charge in [-0.25, -0.2) is 0 Å². The number of likely N-dealkylation sites (tertiary alicyclic amines) is 1.